The van der Waals surface area contributed by atoms with Crippen molar-refractivity contribution < 1.29 is 9.53 Å². The molecule has 9 heteroatoms. The number of nitrogens with one attached hydrogen (secondary N) is 2. The van der Waals surface area contributed by atoms with Crippen LogP contribution in [0.4, 0.5) is 16.3 Å². The van der Waals surface area contributed by atoms with Crippen LogP contribution in [0.1, 0.15) is 17.5 Å². The fourth-order valence-corrected chi connectivity index (χ4v) is 4.74. The van der Waals surface area contributed by atoms with Crippen LogP contribution in [0.15, 0.2) is 67.1 Å². The largest absolute Gasteiger partial charge is 0.445 e. The van der Waals surface area contributed by atoms with Gasteiger partial charge in [0.15, 0.2) is 5.82 Å². The number of rotatable bonds is 5. The number of ether oxygens (including phenoxy) is 1. The molecule has 1 unspecified atom stereocenters. The molecule has 1 fully saturated rings. The normalized spacial score (nSPS) is 17.2. The van der Waals surface area contributed by atoms with Gasteiger partial charge in [-0.15, -0.1) is 0 Å². The molecule has 9 nitrogen and oxygen atoms in total. The first-order valence-corrected chi connectivity index (χ1v) is 12.1. The summed E-state index contributed by atoms with van der Waals surface area (Å²) in [6.07, 6.45) is 6.05. The summed E-state index contributed by atoms with van der Waals surface area (Å²) >= 11 is 0. The van der Waals surface area contributed by atoms with Gasteiger partial charge >= 0.3 is 6.09 Å². The van der Waals surface area contributed by atoms with Crippen molar-refractivity contribution >= 4 is 17.6 Å². The zero-order chi connectivity index (χ0) is 24.5. The summed E-state index contributed by atoms with van der Waals surface area (Å²) < 4.78 is 5.72. The molecule has 0 aliphatic carbocycles. The Hall–Kier alpha value is -4.24. The highest BCUT2D eigenvalue weighted by atomic mass is 16.6. The number of amides is 1. The van der Waals surface area contributed by atoms with Gasteiger partial charge in [0.05, 0.1) is 6.20 Å². The van der Waals surface area contributed by atoms with E-state index in [0.717, 1.165) is 53.0 Å². The number of carbonyl (C=O) groups excluding carboxylic acids is 1. The molecule has 1 amide bonds. The molecule has 1 saturated heterocycles. The highest BCUT2D eigenvalue weighted by Crippen LogP contribution is 2.29. The number of likely N-dealkylation sites (tertiary alicyclic amines) is 1. The molecule has 4 heterocycles. The maximum atomic E-state index is 12.7. The second kappa shape index (κ2) is 9.43. The molecular formula is C27H27N7O2. The number of benzene rings is 2. The van der Waals surface area contributed by atoms with E-state index in [2.05, 4.69) is 37.5 Å². The van der Waals surface area contributed by atoms with E-state index in [1.807, 2.05) is 49.6 Å². The summed E-state index contributed by atoms with van der Waals surface area (Å²) in [5.74, 6) is 1.34. The first kappa shape index (κ1) is 22.2. The number of anilines is 2. The Labute approximate surface area is 209 Å². The van der Waals surface area contributed by atoms with E-state index < -0.39 is 0 Å². The average Bonchev–Trinajstić information content (AvgIpc) is 3.65. The second-order valence-corrected chi connectivity index (χ2v) is 9.35. The third kappa shape index (κ3) is 4.65. The van der Waals surface area contributed by atoms with Crippen molar-refractivity contribution in [1.29, 1.82) is 0 Å². The van der Waals surface area contributed by atoms with Gasteiger partial charge in [-0.3, -0.25) is 10.00 Å². The molecule has 4 aromatic rings. The van der Waals surface area contributed by atoms with E-state index in [9.17, 15) is 4.79 Å². The molecule has 0 spiro atoms. The van der Waals surface area contributed by atoms with Gasteiger partial charge in [-0.05, 0) is 54.4 Å². The molecule has 2 aliphatic rings. The lowest BCUT2D eigenvalue weighted by Crippen LogP contribution is -2.31. The number of fused-ring (bicyclic) bond motifs is 1. The zero-order valence-electron chi connectivity index (χ0n) is 20.0. The number of hydrogen-bond acceptors (Lipinski definition) is 7. The van der Waals surface area contributed by atoms with Gasteiger partial charge in [0, 0.05) is 55.4 Å². The molecule has 0 radical (unpaired) electrons. The number of likely N-dealkylation sites (N-methyl/N-ethyl adjacent to an activating group) is 1. The predicted molar refractivity (Wildman–Crippen MR) is 136 cm³/mol. The van der Waals surface area contributed by atoms with Gasteiger partial charge in [-0.1, -0.05) is 24.3 Å². The summed E-state index contributed by atoms with van der Waals surface area (Å²) in [6.45, 7) is 2.86. The van der Waals surface area contributed by atoms with E-state index >= 15 is 0 Å². The number of nitrogens with zero attached hydrogens (tertiary/aromatic N) is 5. The first-order valence-electron chi connectivity index (χ1n) is 12.1. The van der Waals surface area contributed by atoms with E-state index in [1.54, 1.807) is 17.3 Å². The molecule has 182 valence electrons. The lowest BCUT2D eigenvalue weighted by molar-refractivity contribution is 0.0660. The Bertz CT molecular complexity index is 1370. The third-order valence-electron chi connectivity index (χ3n) is 6.71. The van der Waals surface area contributed by atoms with Gasteiger partial charge in [0.2, 0.25) is 0 Å². The average molecular weight is 482 g/mol. The highest BCUT2D eigenvalue weighted by Gasteiger charge is 2.29. The smallest absolute Gasteiger partial charge is 0.410 e. The molecule has 0 saturated carbocycles. The first-order chi connectivity index (χ1) is 17.6. The molecule has 36 heavy (non-hydrogen) atoms. The predicted octanol–water partition coefficient (Wildman–Crippen LogP) is 4.43. The van der Waals surface area contributed by atoms with Crippen molar-refractivity contribution in [3.05, 3.63) is 78.2 Å². The van der Waals surface area contributed by atoms with Gasteiger partial charge < -0.3 is 15.0 Å². The quantitative estimate of drug-likeness (QED) is 0.435. The number of carbonyl (C=O) groups is 1. The summed E-state index contributed by atoms with van der Waals surface area (Å²) in [5, 5.41) is 10.2. The van der Waals surface area contributed by atoms with Crippen LogP contribution in [-0.2, 0) is 17.8 Å². The lowest BCUT2D eigenvalue weighted by Gasteiger charge is -2.19. The molecule has 6 rings (SSSR count). The topological polar surface area (TPSA) is 99.3 Å². The molecule has 1 atom stereocenters. The standard InChI is InChI=1S/C27H27N7O2/c1-33-11-9-24(17-33)36-27(35)34-15-20-3-2-19(12-21(20)16-34)26-28-10-8-25(32-26)31-23-6-4-18(5-7-23)22-13-29-30-14-22/h2-8,10,12-14,24H,9,11,15-17H2,1H3,(H,29,30)(H,28,31,32). The van der Waals surface area contributed by atoms with Crippen molar-refractivity contribution in [2.75, 3.05) is 25.5 Å². The van der Waals surface area contributed by atoms with Crippen LogP contribution in [0.2, 0.25) is 0 Å². The van der Waals surface area contributed by atoms with E-state index in [0.29, 0.717) is 24.7 Å². The van der Waals surface area contributed by atoms with Crippen molar-refractivity contribution in [2.45, 2.75) is 25.6 Å². The van der Waals surface area contributed by atoms with Crippen LogP contribution in [0.3, 0.4) is 0 Å². The van der Waals surface area contributed by atoms with E-state index in [-0.39, 0.29) is 12.2 Å². The van der Waals surface area contributed by atoms with Gasteiger partial charge in [0.25, 0.3) is 0 Å². The maximum absolute atomic E-state index is 12.7. The molecular weight excluding hydrogens is 454 g/mol. The maximum Gasteiger partial charge on any atom is 0.410 e. The molecule has 2 aliphatic heterocycles. The van der Waals surface area contributed by atoms with Gasteiger partial charge in [0.1, 0.15) is 11.9 Å². The van der Waals surface area contributed by atoms with E-state index in [1.165, 1.54) is 0 Å². The minimum Gasteiger partial charge on any atom is -0.445 e. The molecule has 0 bridgehead atoms. The Morgan fingerprint density at radius 2 is 1.89 bits per heavy atom. The van der Waals surface area contributed by atoms with Crippen molar-refractivity contribution in [1.82, 2.24) is 30.0 Å². The van der Waals surface area contributed by atoms with Crippen molar-refractivity contribution in [3.63, 3.8) is 0 Å². The Balaban J connectivity index is 1.13. The highest BCUT2D eigenvalue weighted by molar-refractivity contribution is 5.70. The van der Waals surface area contributed by atoms with Crippen LogP contribution in [0.25, 0.3) is 22.5 Å². The zero-order valence-corrected chi connectivity index (χ0v) is 20.0. The van der Waals surface area contributed by atoms with Crippen LogP contribution in [0, 0.1) is 0 Å². The lowest BCUT2D eigenvalue weighted by atomic mass is 10.1. The fraction of sp³-hybridized carbons (Fsp3) is 0.259. The van der Waals surface area contributed by atoms with Crippen LogP contribution < -0.4 is 5.32 Å². The Morgan fingerprint density at radius 1 is 1.06 bits per heavy atom. The molecule has 2 aromatic heterocycles. The van der Waals surface area contributed by atoms with Gasteiger partial charge in [-0.2, -0.15) is 5.10 Å². The van der Waals surface area contributed by atoms with Crippen LogP contribution >= 0.6 is 0 Å². The number of aromatic nitrogens is 4. The number of hydrogen-bond donors (Lipinski definition) is 2. The SMILES string of the molecule is CN1CCC(OC(=O)N2Cc3ccc(-c4nccc(Nc5ccc(-c6cn[nH]c6)cc5)n4)cc3C2)C1. The van der Waals surface area contributed by atoms with Crippen molar-refractivity contribution in [2.24, 2.45) is 0 Å². The third-order valence-corrected chi connectivity index (χ3v) is 6.71. The van der Waals surface area contributed by atoms with Crippen LogP contribution in [0.5, 0.6) is 0 Å². The molecule has 2 N–H and O–H groups in total. The number of H-pyrrole nitrogens is 1. The number of aromatic amines is 1. The second-order valence-electron chi connectivity index (χ2n) is 9.35. The fourth-order valence-electron chi connectivity index (χ4n) is 4.74. The summed E-state index contributed by atoms with van der Waals surface area (Å²) in [4.78, 5) is 25.8. The van der Waals surface area contributed by atoms with E-state index in [4.69, 9.17) is 9.72 Å². The summed E-state index contributed by atoms with van der Waals surface area (Å²) in [7, 11) is 2.05. The minimum atomic E-state index is -0.241. The van der Waals surface area contributed by atoms with Gasteiger partial charge in [-0.25, -0.2) is 14.8 Å². The monoisotopic (exact) mass is 481 g/mol. The summed E-state index contributed by atoms with van der Waals surface area (Å²) in [5.41, 5.74) is 6.21. The molecule has 2 aromatic carbocycles. The van der Waals surface area contributed by atoms with Crippen LogP contribution in [-0.4, -0.2) is 62.3 Å². The Morgan fingerprint density at radius 3 is 2.67 bits per heavy atom. The minimum absolute atomic E-state index is 0.0210. The summed E-state index contributed by atoms with van der Waals surface area (Å²) in [6, 6.07) is 16.1. The Kier molecular flexibility index (Phi) is 5.82. The van der Waals surface area contributed by atoms with Crippen molar-refractivity contribution in [3.8, 4) is 22.5 Å².